The number of halogens is 1. The molecule has 1 aromatic heterocycles. The molecule has 20 heavy (non-hydrogen) atoms. The highest BCUT2D eigenvalue weighted by Gasteiger charge is 2.14. The van der Waals surface area contributed by atoms with E-state index in [0.29, 0.717) is 16.6 Å². The van der Waals surface area contributed by atoms with Crippen molar-refractivity contribution in [3.63, 3.8) is 0 Å². The van der Waals surface area contributed by atoms with Gasteiger partial charge >= 0.3 is 0 Å². The van der Waals surface area contributed by atoms with Gasteiger partial charge in [0.2, 0.25) is 0 Å². The molecule has 0 unspecified atom stereocenters. The summed E-state index contributed by atoms with van der Waals surface area (Å²) in [6.45, 7) is 2.45. The SMILES string of the molecule is C[C@H](NCc1ccc(Br)cc1[N+](=O)[O-])c1ccncc1. The van der Waals surface area contributed by atoms with Gasteiger partial charge in [0.05, 0.1) is 4.92 Å². The Labute approximate surface area is 125 Å². The standard InChI is InChI=1S/C14H14BrN3O2/c1-10(11-4-6-16-7-5-11)17-9-12-2-3-13(15)8-14(12)18(19)20/h2-8,10,17H,9H2,1H3/t10-/m0/s1. The van der Waals surface area contributed by atoms with E-state index >= 15 is 0 Å². The van der Waals surface area contributed by atoms with E-state index in [1.807, 2.05) is 19.1 Å². The van der Waals surface area contributed by atoms with Gasteiger partial charge in [-0.15, -0.1) is 0 Å². The number of aromatic nitrogens is 1. The van der Waals surface area contributed by atoms with Crippen LogP contribution >= 0.6 is 15.9 Å². The van der Waals surface area contributed by atoms with Gasteiger partial charge in [-0.2, -0.15) is 0 Å². The van der Waals surface area contributed by atoms with Crippen molar-refractivity contribution in [2.75, 3.05) is 0 Å². The molecule has 0 aliphatic heterocycles. The highest BCUT2D eigenvalue weighted by atomic mass is 79.9. The van der Waals surface area contributed by atoms with Crippen molar-refractivity contribution >= 4 is 21.6 Å². The Morgan fingerprint density at radius 2 is 2.05 bits per heavy atom. The molecule has 104 valence electrons. The number of nitro groups is 1. The fraction of sp³-hybridized carbons (Fsp3) is 0.214. The molecule has 1 N–H and O–H groups in total. The van der Waals surface area contributed by atoms with E-state index in [1.54, 1.807) is 24.5 Å². The second-order valence-corrected chi connectivity index (χ2v) is 5.33. The lowest BCUT2D eigenvalue weighted by molar-refractivity contribution is -0.385. The molecular formula is C14H14BrN3O2. The number of hydrogen-bond acceptors (Lipinski definition) is 4. The normalized spacial score (nSPS) is 12.1. The summed E-state index contributed by atoms with van der Waals surface area (Å²) >= 11 is 3.25. The molecular weight excluding hydrogens is 322 g/mol. The van der Waals surface area contributed by atoms with E-state index in [1.165, 1.54) is 6.07 Å². The van der Waals surface area contributed by atoms with Crippen LogP contribution in [0.1, 0.15) is 24.1 Å². The van der Waals surface area contributed by atoms with Crippen LogP contribution in [-0.4, -0.2) is 9.91 Å². The van der Waals surface area contributed by atoms with Crippen LogP contribution < -0.4 is 5.32 Å². The minimum atomic E-state index is -0.362. The van der Waals surface area contributed by atoms with E-state index in [0.717, 1.165) is 5.56 Å². The van der Waals surface area contributed by atoms with Gasteiger partial charge < -0.3 is 5.32 Å². The zero-order chi connectivity index (χ0) is 14.5. The summed E-state index contributed by atoms with van der Waals surface area (Å²) in [5.74, 6) is 0. The smallest absolute Gasteiger partial charge is 0.275 e. The first kappa shape index (κ1) is 14.6. The molecule has 0 saturated heterocycles. The van der Waals surface area contributed by atoms with E-state index in [9.17, 15) is 10.1 Å². The Morgan fingerprint density at radius 1 is 1.35 bits per heavy atom. The Kier molecular flexibility index (Phi) is 4.81. The van der Waals surface area contributed by atoms with Crippen molar-refractivity contribution in [3.8, 4) is 0 Å². The third kappa shape index (κ3) is 3.61. The molecule has 5 nitrogen and oxygen atoms in total. The molecule has 2 rings (SSSR count). The maximum Gasteiger partial charge on any atom is 0.275 e. The minimum Gasteiger partial charge on any atom is -0.306 e. The molecule has 0 amide bonds. The zero-order valence-electron chi connectivity index (χ0n) is 10.9. The number of benzene rings is 1. The topological polar surface area (TPSA) is 68.1 Å². The molecule has 2 aromatic rings. The van der Waals surface area contributed by atoms with E-state index in [2.05, 4.69) is 26.2 Å². The first-order valence-corrected chi connectivity index (χ1v) is 6.93. The van der Waals surface area contributed by atoms with Gasteiger partial charge in [-0.25, -0.2) is 0 Å². The highest BCUT2D eigenvalue weighted by Crippen LogP contribution is 2.24. The van der Waals surface area contributed by atoms with Crippen LogP contribution in [0.2, 0.25) is 0 Å². The highest BCUT2D eigenvalue weighted by molar-refractivity contribution is 9.10. The average molecular weight is 336 g/mol. The maximum absolute atomic E-state index is 11.0. The first-order valence-electron chi connectivity index (χ1n) is 6.14. The molecule has 0 fully saturated rings. The molecule has 1 heterocycles. The van der Waals surface area contributed by atoms with Gasteiger partial charge in [-0.3, -0.25) is 15.1 Å². The summed E-state index contributed by atoms with van der Waals surface area (Å²) < 4.78 is 0.704. The molecule has 0 spiro atoms. The Hall–Kier alpha value is -1.79. The number of hydrogen-bond donors (Lipinski definition) is 1. The van der Waals surface area contributed by atoms with Crippen LogP contribution in [0, 0.1) is 10.1 Å². The summed E-state index contributed by atoms with van der Waals surface area (Å²) in [7, 11) is 0. The molecule has 0 bridgehead atoms. The summed E-state index contributed by atoms with van der Waals surface area (Å²) in [6, 6.07) is 9.03. The number of nitrogens with one attached hydrogen (secondary N) is 1. The molecule has 0 aliphatic rings. The van der Waals surface area contributed by atoms with Gasteiger partial charge in [-0.1, -0.05) is 15.9 Å². The lowest BCUT2D eigenvalue weighted by Crippen LogP contribution is -2.18. The van der Waals surface area contributed by atoms with E-state index in [4.69, 9.17) is 0 Å². The molecule has 1 atom stereocenters. The number of nitro benzene ring substituents is 1. The van der Waals surface area contributed by atoms with Gasteiger partial charge in [0, 0.05) is 41.1 Å². The van der Waals surface area contributed by atoms with Gasteiger partial charge in [0.1, 0.15) is 0 Å². The van der Waals surface area contributed by atoms with E-state index in [-0.39, 0.29) is 16.7 Å². The van der Waals surface area contributed by atoms with Crippen LogP contribution in [-0.2, 0) is 6.54 Å². The monoisotopic (exact) mass is 335 g/mol. The fourth-order valence-electron chi connectivity index (χ4n) is 1.89. The largest absolute Gasteiger partial charge is 0.306 e. The predicted molar refractivity (Wildman–Crippen MR) is 80.3 cm³/mol. The second kappa shape index (κ2) is 6.58. The quantitative estimate of drug-likeness (QED) is 0.669. The molecule has 0 radical (unpaired) electrons. The van der Waals surface area contributed by atoms with Crippen molar-refractivity contribution in [3.05, 3.63) is 68.4 Å². The first-order chi connectivity index (χ1) is 9.58. The third-order valence-electron chi connectivity index (χ3n) is 3.05. The molecule has 6 heteroatoms. The summed E-state index contributed by atoms with van der Waals surface area (Å²) in [5.41, 5.74) is 1.88. The van der Waals surface area contributed by atoms with Crippen LogP contribution in [0.15, 0.2) is 47.2 Å². The van der Waals surface area contributed by atoms with Crippen LogP contribution in [0.5, 0.6) is 0 Å². The second-order valence-electron chi connectivity index (χ2n) is 4.41. The van der Waals surface area contributed by atoms with Crippen molar-refractivity contribution in [1.82, 2.24) is 10.3 Å². The number of rotatable bonds is 5. The zero-order valence-corrected chi connectivity index (χ0v) is 12.5. The summed E-state index contributed by atoms with van der Waals surface area (Å²) in [6.07, 6.45) is 3.46. The van der Waals surface area contributed by atoms with Crippen LogP contribution in [0.4, 0.5) is 5.69 Å². The Balaban J connectivity index is 2.09. The van der Waals surface area contributed by atoms with Crippen molar-refractivity contribution in [2.45, 2.75) is 19.5 Å². The number of nitrogens with zero attached hydrogens (tertiary/aromatic N) is 2. The lowest BCUT2D eigenvalue weighted by atomic mass is 10.1. The molecule has 1 aromatic carbocycles. The third-order valence-corrected chi connectivity index (χ3v) is 3.54. The van der Waals surface area contributed by atoms with Gasteiger partial charge in [0.15, 0.2) is 0 Å². The maximum atomic E-state index is 11.0. The van der Waals surface area contributed by atoms with Gasteiger partial charge in [0.25, 0.3) is 5.69 Å². The summed E-state index contributed by atoms with van der Waals surface area (Å²) in [5, 5.41) is 14.3. The molecule has 0 saturated carbocycles. The Morgan fingerprint density at radius 3 is 2.70 bits per heavy atom. The van der Waals surface area contributed by atoms with Crippen molar-refractivity contribution in [1.29, 1.82) is 0 Å². The lowest BCUT2D eigenvalue weighted by Gasteiger charge is -2.14. The molecule has 0 aliphatic carbocycles. The van der Waals surface area contributed by atoms with Crippen LogP contribution in [0.3, 0.4) is 0 Å². The average Bonchev–Trinajstić information content (AvgIpc) is 2.46. The van der Waals surface area contributed by atoms with Crippen molar-refractivity contribution in [2.24, 2.45) is 0 Å². The van der Waals surface area contributed by atoms with Crippen molar-refractivity contribution < 1.29 is 4.92 Å². The summed E-state index contributed by atoms with van der Waals surface area (Å²) in [4.78, 5) is 14.6. The predicted octanol–water partition coefficient (Wildman–Crippen LogP) is 3.60. The van der Waals surface area contributed by atoms with Crippen LogP contribution in [0.25, 0.3) is 0 Å². The van der Waals surface area contributed by atoms with E-state index < -0.39 is 0 Å². The Bertz CT molecular complexity index is 605. The van der Waals surface area contributed by atoms with Gasteiger partial charge in [-0.05, 0) is 36.8 Å². The number of pyridine rings is 1. The fourth-order valence-corrected chi connectivity index (χ4v) is 2.24. The minimum absolute atomic E-state index is 0.0984.